The number of benzene rings is 2. The summed E-state index contributed by atoms with van der Waals surface area (Å²) in [5.41, 5.74) is 2.42. The highest BCUT2D eigenvalue weighted by atomic mass is 35.5. The molecule has 2 aromatic carbocycles. The Kier molecular flexibility index (Phi) is 6.11. The first kappa shape index (κ1) is 18.0. The van der Waals surface area contributed by atoms with Gasteiger partial charge in [0.25, 0.3) is 0 Å². The van der Waals surface area contributed by atoms with Crippen molar-refractivity contribution in [1.29, 1.82) is 0 Å². The molecule has 25 heavy (non-hydrogen) atoms. The fourth-order valence-corrected chi connectivity index (χ4v) is 3.92. The SMILES string of the molecule is CN(Cc1ccccc1)C(=O)[C@@H]1CCC[NH+](Cc2cccc(Cl)c2)C1. The predicted octanol–water partition coefficient (Wildman–Crippen LogP) is 2.79. The minimum atomic E-state index is 0.122. The van der Waals surface area contributed by atoms with Crippen LogP contribution in [0, 0.1) is 5.92 Å². The van der Waals surface area contributed by atoms with Gasteiger partial charge < -0.3 is 9.80 Å². The van der Waals surface area contributed by atoms with Gasteiger partial charge in [-0.15, -0.1) is 0 Å². The Balaban J connectivity index is 1.57. The van der Waals surface area contributed by atoms with Gasteiger partial charge in [0.15, 0.2) is 0 Å². The lowest BCUT2D eigenvalue weighted by molar-refractivity contribution is -0.921. The van der Waals surface area contributed by atoms with Crippen LogP contribution in [0.4, 0.5) is 0 Å². The van der Waals surface area contributed by atoms with Gasteiger partial charge >= 0.3 is 0 Å². The zero-order valence-corrected chi connectivity index (χ0v) is 15.5. The number of nitrogens with one attached hydrogen (secondary N) is 1. The van der Waals surface area contributed by atoms with Crippen molar-refractivity contribution in [2.24, 2.45) is 5.92 Å². The van der Waals surface area contributed by atoms with Crippen LogP contribution >= 0.6 is 11.6 Å². The van der Waals surface area contributed by atoms with Gasteiger partial charge in [-0.3, -0.25) is 4.79 Å². The molecule has 1 fully saturated rings. The molecule has 1 N–H and O–H groups in total. The standard InChI is InChI=1S/C21H25ClN2O/c1-23(14-17-7-3-2-4-8-17)21(25)19-10-6-12-24(16-19)15-18-9-5-11-20(22)13-18/h2-5,7-9,11,13,19H,6,10,12,14-16H2,1H3/p+1/t19-/m1/s1. The van der Waals surface area contributed by atoms with E-state index < -0.39 is 0 Å². The molecule has 3 rings (SSSR count). The summed E-state index contributed by atoms with van der Waals surface area (Å²) in [6.07, 6.45) is 2.10. The third-order valence-corrected chi connectivity index (χ3v) is 5.18. The van der Waals surface area contributed by atoms with Crippen LogP contribution in [-0.4, -0.2) is 30.9 Å². The molecule has 132 valence electrons. The number of quaternary nitrogens is 1. The van der Waals surface area contributed by atoms with Crippen molar-refractivity contribution in [3.05, 3.63) is 70.7 Å². The van der Waals surface area contributed by atoms with E-state index in [9.17, 15) is 4.79 Å². The maximum absolute atomic E-state index is 12.8. The van der Waals surface area contributed by atoms with E-state index in [0.717, 1.165) is 37.5 Å². The Morgan fingerprint density at radius 2 is 1.92 bits per heavy atom. The maximum Gasteiger partial charge on any atom is 0.231 e. The van der Waals surface area contributed by atoms with Gasteiger partial charge in [0, 0.05) is 24.2 Å². The average molecular weight is 358 g/mol. The first-order valence-electron chi connectivity index (χ1n) is 8.99. The van der Waals surface area contributed by atoms with E-state index in [1.165, 1.54) is 16.0 Å². The third kappa shape index (κ3) is 5.07. The number of hydrogen-bond donors (Lipinski definition) is 1. The highest BCUT2D eigenvalue weighted by Crippen LogP contribution is 2.14. The summed E-state index contributed by atoms with van der Waals surface area (Å²) in [7, 11) is 1.92. The number of likely N-dealkylation sites (tertiary alicyclic amines) is 1. The third-order valence-electron chi connectivity index (χ3n) is 4.95. The molecule has 2 atom stereocenters. The number of carbonyl (C=O) groups excluding carboxylic acids is 1. The van der Waals surface area contributed by atoms with Gasteiger partial charge in [0.2, 0.25) is 5.91 Å². The van der Waals surface area contributed by atoms with Gasteiger partial charge in [-0.1, -0.05) is 54.1 Å². The summed E-state index contributed by atoms with van der Waals surface area (Å²) in [4.78, 5) is 16.2. The second kappa shape index (κ2) is 8.50. The Bertz CT molecular complexity index is 704. The highest BCUT2D eigenvalue weighted by molar-refractivity contribution is 6.30. The molecule has 0 saturated carbocycles. The van der Waals surface area contributed by atoms with Gasteiger partial charge in [-0.25, -0.2) is 0 Å². The number of piperidine rings is 1. The van der Waals surface area contributed by atoms with Crippen molar-refractivity contribution in [2.45, 2.75) is 25.9 Å². The summed E-state index contributed by atoms with van der Waals surface area (Å²) >= 11 is 6.09. The van der Waals surface area contributed by atoms with Crippen molar-refractivity contribution in [3.8, 4) is 0 Å². The Labute approximate surface area is 155 Å². The molecule has 1 aliphatic heterocycles. The van der Waals surface area contributed by atoms with Crippen LogP contribution in [0.5, 0.6) is 0 Å². The van der Waals surface area contributed by atoms with Gasteiger partial charge in [0.1, 0.15) is 6.54 Å². The Morgan fingerprint density at radius 1 is 1.16 bits per heavy atom. The zero-order valence-electron chi connectivity index (χ0n) is 14.7. The van der Waals surface area contributed by atoms with Crippen LogP contribution < -0.4 is 4.90 Å². The van der Waals surface area contributed by atoms with E-state index in [2.05, 4.69) is 18.2 Å². The van der Waals surface area contributed by atoms with Crippen molar-refractivity contribution in [3.63, 3.8) is 0 Å². The van der Waals surface area contributed by atoms with E-state index in [-0.39, 0.29) is 11.8 Å². The number of carbonyl (C=O) groups is 1. The second-order valence-electron chi connectivity index (χ2n) is 7.03. The summed E-state index contributed by atoms with van der Waals surface area (Å²) < 4.78 is 0. The topological polar surface area (TPSA) is 24.8 Å². The van der Waals surface area contributed by atoms with Crippen LogP contribution in [0.25, 0.3) is 0 Å². The average Bonchev–Trinajstić information content (AvgIpc) is 2.62. The first-order valence-corrected chi connectivity index (χ1v) is 9.36. The fraction of sp³-hybridized carbons (Fsp3) is 0.381. The quantitative estimate of drug-likeness (QED) is 0.874. The van der Waals surface area contributed by atoms with E-state index in [4.69, 9.17) is 11.6 Å². The van der Waals surface area contributed by atoms with Crippen LogP contribution in [0.3, 0.4) is 0 Å². The molecule has 4 heteroatoms. The molecular formula is C21H26ClN2O+. The highest BCUT2D eigenvalue weighted by Gasteiger charge is 2.30. The van der Waals surface area contributed by atoms with Crippen LogP contribution in [0.2, 0.25) is 5.02 Å². The van der Waals surface area contributed by atoms with Gasteiger partial charge in [-0.2, -0.15) is 0 Å². The van der Waals surface area contributed by atoms with Crippen molar-refractivity contribution in [2.75, 3.05) is 20.1 Å². The number of nitrogens with zero attached hydrogens (tertiary/aromatic N) is 1. The van der Waals surface area contributed by atoms with E-state index in [0.29, 0.717) is 6.54 Å². The lowest BCUT2D eigenvalue weighted by Gasteiger charge is -2.31. The van der Waals surface area contributed by atoms with Crippen LogP contribution in [0.15, 0.2) is 54.6 Å². The molecule has 0 aliphatic carbocycles. The molecule has 1 aliphatic rings. The molecule has 0 aromatic heterocycles. The lowest BCUT2D eigenvalue weighted by atomic mass is 9.96. The number of halogens is 1. The van der Waals surface area contributed by atoms with Gasteiger partial charge in [-0.05, 0) is 30.5 Å². The molecule has 1 heterocycles. The molecule has 1 amide bonds. The van der Waals surface area contributed by atoms with Crippen molar-refractivity contribution >= 4 is 17.5 Å². The predicted molar refractivity (Wildman–Crippen MR) is 101 cm³/mol. The van der Waals surface area contributed by atoms with Crippen LogP contribution in [-0.2, 0) is 17.9 Å². The molecular weight excluding hydrogens is 332 g/mol. The summed E-state index contributed by atoms with van der Waals surface area (Å²) in [6, 6.07) is 18.2. The minimum Gasteiger partial charge on any atom is -0.341 e. The largest absolute Gasteiger partial charge is 0.341 e. The second-order valence-corrected chi connectivity index (χ2v) is 7.47. The molecule has 0 bridgehead atoms. The molecule has 0 radical (unpaired) electrons. The fourth-order valence-electron chi connectivity index (χ4n) is 3.70. The molecule has 2 aromatic rings. The molecule has 3 nitrogen and oxygen atoms in total. The van der Waals surface area contributed by atoms with Crippen molar-refractivity contribution in [1.82, 2.24) is 4.90 Å². The smallest absolute Gasteiger partial charge is 0.231 e. The number of rotatable bonds is 5. The minimum absolute atomic E-state index is 0.122. The molecule has 1 saturated heterocycles. The first-order chi connectivity index (χ1) is 12.1. The number of amides is 1. The normalized spacial score (nSPS) is 20.2. The summed E-state index contributed by atoms with van der Waals surface area (Å²) in [5.74, 6) is 0.392. The Hall–Kier alpha value is -1.84. The molecule has 1 unspecified atom stereocenters. The lowest BCUT2D eigenvalue weighted by Crippen LogP contribution is -3.12. The van der Waals surface area contributed by atoms with E-state index in [1.54, 1.807) is 0 Å². The van der Waals surface area contributed by atoms with E-state index in [1.807, 2.05) is 48.3 Å². The number of hydrogen-bond acceptors (Lipinski definition) is 1. The monoisotopic (exact) mass is 357 g/mol. The van der Waals surface area contributed by atoms with Gasteiger partial charge in [0.05, 0.1) is 19.0 Å². The molecule has 0 spiro atoms. The van der Waals surface area contributed by atoms with E-state index >= 15 is 0 Å². The maximum atomic E-state index is 12.8. The van der Waals surface area contributed by atoms with Crippen LogP contribution in [0.1, 0.15) is 24.0 Å². The summed E-state index contributed by atoms with van der Waals surface area (Å²) in [6.45, 7) is 3.65. The Morgan fingerprint density at radius 3 is 2.68 bits per heavy atom. The zero-order chi connectivity index (χ0) is 17.6. The summed E-state index contributed by atoms with van der Waals surface area (Å²) in [5, 5.41) is 0.782. The van der Waals surface area contributed by atoms with Crippen molar-refractivity contribution < 1.29 is 9.69 Å².